The zero-order valence-corrected chi connectivity index (χ0v) is 11.2. The molecule has 0 aliphatic heterocycles. The lowest BCUT2D eigenvalue weighted by atomic mass is 10.1. The average Bonchev–Trinajstić information content (AvgIpc) is 2.97. The van der Waals surface area contributed by atoms with Gasteiger partial charge in [0.1, 0.15) is 5.75 Å². The highest BCUT2D eigenvalue weighted by Crippen LogP contribution is 2.24. The van der Waals surface area contributed by atoms with Gasteiger partial charge in [-0.15, -0.1) is 5.10 Å². The molecule has 3 N–H and O–H groups in total. The molecule has 0 radical (unpaired) electrons. The number of amides is 1. The van der Waals surface area contributed by atoms with E-state index < -0.39 is 0 Å². The SMILES string of the molecule is COc1cccc(C(=O)NCCCn2ccnn2)c1N. The van der Waals surface area contributed by atoms with Crippen molar-refractivity contribution in [2.75, 3.05) is 19.4 Å². The van der Waals surface area contributed by atoms with Crippen LogP contribution in [0.15, 0.2) is 30.6 Å². The van der Waals surface area contributed by atoms with E-state index in [0.29, 0.717) is 30.1 Å². The van der Waals surface area contributed by atoms with Gasteiger partial charge in [0.25, 0.3) is 5.91 Å². The van der Waals surface area contributed by atoms with Crippen molar-refractivity contribution < 1.29 is 9.53 Å². The molecule has 2 rings (SSSR count). The highest BCUT2D eigenvalue weighted by molar-refractivity contribution is 6.00. The van der Waals surface area contributed by atoms with Crippen molar-refractivity contribution >= 4 is 11.6 Å². The van der Waals surface area contributed by atoms with E-state index in [1.54, 1.807) is 35.3 Å². The van der Waals surface area contributed by atoms with Crippen molar-refractivity contribution in [3.63, 3.8) is 0 Å². The van der Waals surface area contributed by atoms with Crippen LogP contribution in [-0.4, -0.2) is 34.6 Å². The van der Waals surface area contributed by atoms with E-state index in [9.17, 15) is 4.79 Å². The van der Waals surface area contributed by atoms with Crippen LogP contribution in [0.5, 0.6) is 5.75 Å². The molecule has 7 heteroatoms. The van der Waals surface area contributed by atoms with Crippen LogP contribution in [0.1, 0.15) is 16.8 Å². The normalized spacial score (nSPS) is 10.2. The Morgan fingerprint density at radius 3 is 3.05 bits per heavy atom. The van der Waals surface area contributed by atoms with Crippen LogP contribution in [0.25, 0.3) is 0 Å². The Labute approximate surface area is 116 Å². The van der Waals surface area contributed by atoms with Crippen LogP contribution in [0.2, 0.25) is 0 Å². The molecule has 0 saturated heterocycles. The second-order valence-electron chi connectivity index (χ2n) is 4.20. The molecule has 0 spiro atoms. The van der Waals surface area contributed by atoms with Crippen LogP contribution < -0.4 is 15.8 Å². The molecule has 1 aromatic carbocycles. The number of nitrogen functional groups attached to an aromatic ring is 1. The Balaban J connectivity index is 1.86. The van der Waals surface area contributed by atoms with E-state index in [0.717, 1.165) is 6.42 Å². The lowest BCUT2D eigenvalue weighted by Crippen LogP contribution is -2.26. The van der Waals surface area contributed by atoms with Gasteiger partial charge < -0.3 is 15.8 Å². The summed E-state index contributed by atoms with van der Waals surface area (Å²) in [6, 6.07) is 5.13. The van der Waals surface area contributed by atoms with E-state index in [1.165, 1.54) is 7.11 Å². The number of nitrogens with two attached hydrogens (primary N) is 1. The second kappa shape index (κ2) is 6.55. The number of nitrogens with one attached hydrogen (secondary N) is 1. The fourth-order valence-corrected chi connectivity index (χ4v) is 1.81. The van der Waals surface area contributed by atoms with Gasteiger partial charge in [0.05, 0.1) is 24.6 Å². The van der Waals surface area contributed by atoms with Gasteiger partial charge in [0.2, 0.25) is 0 Å². The number of rotatable bonds is 6. The summed E-state index contributed by atoms with van der Waals surface area (Å²) < 4.78 is 6.80. The second-order valence-corrected chi connectivity index (χ2v) is 4.20. The number of nitrogens with zero attached hydrogens (tertiary/aromatic N) is 3. The number of hydrogen-bond donors (Lipinski definition) is 2. The molecule has 2 aromatic rings. The van der Waals surface area contributed by atoms with Crippen molar-refractivity contribution in [1.29, 1.82) is 0 Å². The summed E-state index contributed by atoms with van der Waals surface area (Å²) in [4.78, 5) is 12.0. The number of anilines is 1. The van der Waals surface area contributed by atoms with Crippen molar-refractivity contribution in [1.82, 2.24) is 20.3 Å². The smallest absolute Gasteiger partial charge is 0.253 e. The van der Waals surface area contributed by atoms with Crippen molar-refractivity contribution in [2.24, 2.45) is 0 Å². The van der Waals surface area contributed by atoms with Gasteiger partial charge in [0, 0.05) is 19.3 Å². The van der Waals surface area contributed by atoms with Gasteiger partial charge in [-0.05, 0) is 18.6 Å². The molecule has 0 unspecified atom stereocenters. The number of ether oxygens (including phenoxy) is 1. The van der Waals surface area contributed by atoms with Crippen LogP contribution in [0.3, 0.4) is 0 Å². The minimum Gasteiger partial charge on any atom is -0.495 e. The Morgan fingerprint density at radius 1 is 1.50 bits per heavy atom. The molecule has 20 heavy (non-hydrogen) atoms. The molecule has 7 nitrogen and oxygen atoms in total. The lowest BCUT2D eigenvalue weighted by Gasteiger charge is -2.10. The average molecular weight is 275 g/mol. The van der Waals surface area contributed by atoms with Gasteiger partial charge in [-0.1, -0.05) is 11.3 Å². The molecule has 0 atom stereocenters. The monoisotopic (exact) mass is 275 g/mol. The van der Waals surface area contributed by atoms with Crippen molar-refractivity contribution in [3.8, 4) is 5.75 Å². The lowest BCUT2D eigenvalue weighted by molar-refractivity contribution is 0.0953. The molecular formula is C13H17N5O2. The largest absolute Gasteiger partial charge is 0.495 e. The quantitative estimate of drug-likeness (QED) is 0.597. The standard InChI is InChI=1S/C13H17N5O2/c1-20-11-5-2-4-10(12(11)14)13(19)15-6-3-8-18-9-7-16-17-18/h2,4-5,7,9H,3,6,8,14H2,1H3,(H,15,19). The third kappa shape index (κ3) is 3.25. The van der Waals surface area contributed by atoms with Gasteiger partial charge in [-0.2, -0.15) is 0 Å². The van der Waals surface area contributed by atoms with Crippen molar-refractivity contribution in [3.05, 3.63) is 36.2 Å². The van der Waals surface area contributed by atoms with Crippen LogP contribution in [0, 0.1) is 0 Å². The Bertz CT molecular complexity index is 568. The van der Waals surface area contributed by atoms with Gasteiger partial charge in [0.15, 0.2) is 0 Å². The molecule has 0 aliphatic rings. The number of carbonyl (C=O) groups excluding carboxylic acids is 1. The van der Waals surface area contributed by atoms with Crippen LogP contribution in [0.4, 0.5) is 5.69 Å². The maximum absolute atomic E-state index is 12.0. The third-order valence-electron chi connectivity index (χ3n) is 2.85. The third-order valence-corrected chi connectivity index (χ3v) is 2.85. The van der Waals surface area contributed by atoms with E-state index in [1.807, 2.05) is 0 Å². The summed E-state index contributed by atoms with van der Waals surface area (Å²) >= 11 is 0. The summed E-state index contributed by atoms with van der Waals surface area (Å²) in [6.07, 6.45) is 4.16. The Morgan fingerprint density at radius 2 is 2.35 bits per heavy atom. The Kier molecular flexibility index (Phi) is 4.54. The van der Waals surface area contributed by atoms with E-state index in [4.69, 9.17) is 10.5 Å². The Hall–Kier alpha value is -2.57. The molecule has 0 saturated carbocycles. The first kappa shape index (κ1) is 13.9. The van der Waals surface area contributed by atoms with Gasteiger partial charge >= 0.3 is 0 Å². The molecule has 1 amide bonds. The number of methoxy groups -OCH3 is 1. The maximum Gasteiger partial charge on any atom is 0.253 e. The fraction of sp³-hybridized carbons (Fsp3) is 0.308. The number of para-hydroxylation sites is 1. The predicted molar refractivity (Wildman–Crippen MR) is 74.4 cm³/mol. The molecule has 1 heterocycles. The van der Waals surface area contributed by atoms with Crippen LogP contribution in [-0.2, 0) is 6.54 Å². The highest BCUT2D eigenvalue weighted by Gasteiger charge is 2.12. The summed E-state index contributed by atoms with van der Waals surface area (Å²) in [5.74, 6) is 0.292. The summed E-state index contributed by atoms with van der Waals surface area (Å²) in [5.41, 5.74) is 6.64. The zero-order chi connectivity index (χ0) is 14.4. The number of carbonyl (C=O) groups is 1. The molecule has 0 bridgehead atoms. The van der Waals surface area contributed by atoms with E-state index in [-0.39, 0.29) is 5.91 Å². The molecule has 1 aromatic heterocycles. The van der Waals surface area contributed by atoms with E-state index in [2.05, 4.69) is 15.6 Å². The number of hydrogen-bond acceptors (Lipinski definition) is 5. The number of benzene rings is 1. The first-order valence-electron chi connectivity index (χ1n) is 6.27. The zero-order valence-electron chi connectivity index (χ0n) is 11.2. The molecular weight excluding hydrogens is 258 g/mol. The van der Waals surface area contributed by atoms with E-state index >= 15 is 0 Å². The minimum atomic E-state index is -0.208. The van der Waals surface area contributed by atoms with Crippen LogP contribution >= 0.6 is 0 Å². The predicted octanol–water partition coefficient (Wildman–Crippen LogP) is 0.689. The number of aryl methyl sites for hydroxylation is 1. The summed E-state index contributed by atoms with van der Waals surface area (Å²) in [7, 11) is 1.52. The molecule has 106 valence electrons. The summed E-state index contributed by atoms with van der Waals surface area (Å²) in [5, 5.41) is 10.4. The van der Waals surface area contributed by atoms with Gasteiger partial charge in [-0.3, -0.25) is 9.48 Å². The first-order chi connectivity index (χ1) is 9.72. The van der Waals surface area contributed by atoms with Crippen molar-refractivity contribution in [2.45, 2.75) is 13.0 Å². The molecule has 0 fully saturated rings. The highest BCUT2D eigenvalue weighted by atomic mass is 16.5. The maximum atomic E-state index is 12.0. The fourth-order valence-electron chi connectivity index (χ4n) is 1.81. The minimum absolute atomic E-state index is 0.208. The topological polar surface area (TPSA) is 95.1 Å². The first-order valence-corrected chi connectivity index (χ1v) is 6.27. The summed E-state index contributed by atoms with van der Waals surface area (Å²) in [6.45, 7) is 1.24. The number of aromatic nitrogens is 3. The molecule has 0 aliphatic carbocycles. The van der Waals surface area contributed by atoms with Gasteiger partial charge in [-0.25, -0.2) is 0 Å².